The molecule has 1 aromatic heterocycles. The smallest absolute Gasteiger partial charge is 0.223 e. The second-order valence-electron chi connectivity index (χ2n) is 4.77. The van der Waals surface area contributed by atoms with Crippen LogP contribution >= 0.6 is 0 Å². The highest BCUT2D eigenvalue weighted by molar-refractivity contribution is 5.79. The van der Waals surface area contributed by atoms with Crippen LogP contribution in [0.5, 0.6) is 0 Å². The van der Waals surface area contributed by atoms with Gasteiger partial charge in [0.05, 0.1) is 0 Å². The van der Waals surface area contributed by atoms with E-state index >= 15 is 0 Å². The van der Waals surface area contributed by atoms with Crippen LogP contribution in [-0.2, 0) is 4.79 Å². The van der Waals surface area contributed by atoms with Gasteiger partial charge in [0.2, 0.25) is 5.91 Å². The number of fused-ring (bicyclic) bond motifs is 1. The molecule has 1 unspecified atom stereocenters. The molecule has 0 bridgehead atoms. The molecular formula is C12H17N5O. The number of rotatable bonds is 2. The molecule has 1 amide bonds. The Hall–Kier alpha value is -1.82. The summed E-state index contributed by atoms with van der Waals surface area (Å²) in [6.45, 7) is 2.59. The van der Waals surface area contributed by atoms with Crippen LogP contribution in [0.1, 0.15) is 12.8 Å². The second-order valence-corrected chi connectivity index (χ2v) is 4.77. The van der Waals surface area contributed by atoms with Gasteiger partial charge in [-0.15, -0.1) is 0 Å². The lowest BCUT2D eigenvalue weighted by atomic mass is 10.1. The van der Waals surface area contributed by atoms with Gasteiger partial charge in [0.1, 0.15) is 5.82 Å². The number of nitrogens with one attached hydrogen (secondary N) is 1. The first-order chi connectivity index (χ1) is 8.78. The van der Waals surface area contributed by atoms with Crippen molar-refractivity contribution in [2.75, 3.05) is 30.0 Å². The number of nitrogens with two attached hydrogens (primary N) is 1. The van der Waals surface area contributed by atoms with E-state index in [1.807, 2.05) is 17.0 Å². The van der Waals surface area contributed by atoms with Crippen molar-refractivity contribution in [3.05, 3.63) is 18.3 Å². The van der Waals surface area contributed by atoms with E-state index < -0.39 is 0 Å². The van der Waals surface area contributed by atoms with Crippen molar-refractivity contribution >= 4 is 17.4 Å². The lowest BCUT2D eigenvalue weighted by Crippen LogP contribution is -2.51. The minimum Gasteiger partial charge on any atom is -0.368 e. The number of hydrogen-bond donors (Lipinski definition) is 2. The molecule has 2 aliphatic rings. The topological polar surface area (TPSA) is 74.5 Å². The molecule has 3 N–H and O–H groups in total. The fraction of sp³-hybridized carbons (Fsp3) is 0.500. The Morgan fingerprint density at radius 1 is 1.44 bits per heavy atom. The zero-order chi connectivity index (χ0) is 12.5. The van der Waals surface area contributed by atoms with Crippen LogP contribution in [0, 0.1) is 0 Å². The minimum atomic E-state index is 0.304. The first-order valence-corrected chi connectivity index (χ1v) is 6.25. The van der Waals surface area contributed by atoms with E-state index in [1.165, 1.54) is 0 Å². The quantitative estimate of drug-likeness (QED) is 0.576. The molecule has 2 aliphatic heterocycles. The van der Waals surface area contributed by atoms with Gasteiger partial charge in [-0.25, -0.2) is 10.8 Å². The molecule has 6 heteroatoms. The molecule has 0 radical (unpaired) electrons. The second kappa shape index (κ2) is 4.45. The maximum Gasteiger partial charge on any atom is 0.223 e. The van der Waals surface area contributed by atoms with Crippen molar-refractivity contribution in [2.45, 2.75) is 18.9 Å². The summed E-state index contributed by atoms with van der Waals surface area (Å²) in [4.78, 5) is 20.0. The van der Waals surface area contributed by atoms with E-state index in [0.717, 1.165) is 31.7 Å². The number of anilines is 2. The summed E-state index contributed by atoms with van der Waals surface area (Å²) in [7, 11) is 0. The number of nitrogens with zero attached hydrogens (tertiary/aromatic N) is 3. The molecule has 3 rings (SSSR count). The first kappa shape index (κ1) is 11.3. The summed E-state index contributed by atoms with van der Waals surface area (Å²) in [6, 6.07) is 4.29. The normalized spacial score (nSPS) is 23.2. The molecule has 2 saturated heterocycles. The molecule has 1 aromatic rings. The number of amides is 1. The number of nitrogen functional groups attached to an aromatic ring is 1. The monoisotopic (exact) mass is 247 g/mol. The van der Waals surface area contributed by atoms with E-state index in [1.54, 1.807) is 6.20 Å². The van der Waals surface area contributed by atoms with Crippen LogP contribution in [0.3, 0.4) is 0 Å². The minimum absolute atomic E-state index is 0.304. The van der Waals surface area contributed by atoms with Gasteiger partial charge in [-0.05, 0) is 12.5 Å². The number of aromatic nitrogens is 1. The summed E-state index contributed by atoms with van der Waals surface area (Å²) >= 11 is 0. The van der Waals surface area contributed by atoms with E-state index in [-0.39, 0.29) is 0 Å². The molecule has 2 fully saturated rings. The van der Waals surface area contributed by atoms with Gasteiger partial charge in [-0.1, -0.05) is 0 Å². The van der Waals surface area contributed by atoms with Crippen molar-refractivity contribution in [3.63, 3.8) is 0 Å². The maximum atomic E-state index is 11.6. The third-order valence-electron chi connectivity index (χ3n) is 3.75. The van der Waals surface area contributed by atoms with Gasteiger partial charge in [0.15, 0.2) is 0 Å². The number of piperazine rings is 1. The van der Waals surface area contributed by atoms with Crippen LogP contribution in [0.2, 0.25) is 0 Å². The number of hydrogen-bond acceptors (Lipinski definition) is 5. The molecule has 3 heterocycles. The number of hydrazine groups is 1. The Morgan fingerprint density at radius 3 is 3.17 bits per heavy atom. The molecule has 0 spiro atoms. The molecule has 0 aliphatic carbocycles. The van der Waals surface area contributed by atoms with E-state index in [0.29, 0.717) is 24.2 Å². The van der Waals surface area contributed by atoms with Gasteiger partial charge in [-0.3, -0.25) is 4.79 Å². The number of pyridine rings is 1. The van der Waals surface area contributed by atoms with Crippen molar-refractivity contribution in [1.29, 1.82) is 0 Å². The summed E-state index contributed by atoms with van der Waals surface area (Å²) in [5.74, 6) is 6.34. The van der Waals surface area contributed by atoms with E-state index in [4.69, 9.17) is 5.84 Å². The summed E-state index contributed by atoms with van der Waals surface area (Å²) in [5, 5.41) is 0. The summed E-state index contributed by atoms with van der Waals surface area (Å²) < 4.78 is 0. The molecule has 96 valence electrons. The van der Waals surface area contributed by atoms with Crippen LogP contribution in [0.4, 0.5) is 11.5 Å². The predicted octanol–water partition coefficient (Wildman–Crippen LogP) is 0.178. The average molecular weight is 247 g/mol. The fourth-order valence-corrected chi connectivity index (χ4v) is 2.79. The molecule has 0 aromatic carbocycles. The highest BCUT2D eigenvalue weighted by Crippen LogP contribution is 2.26. The molecule has 18 heavy (non-hydrogen) atoms. The lowest BCUT2D eigenvalue weighted by molar-refractivity contribution is -0.129. The number of carbonyl (C=O) groups is 1. The van der Waals surface area contributed by atoms with Crippen molar-refractivity contribution < 1.29 is 4.79 Å². The highest BCUT2D eigenvalue weighted by atomic mass is 16.2. The predicted molar refractivity (Wildman–Crippen MR) is 69.0 cm³/mol. The average Bonchev–Trinajstić information content (AvgIpc) is 2.80. The van der Waals surface area contributed by atoms with Gasteiger partial charge >= 0.3 is 0 Å². The van der Waals surface area contributed by atoms with Crippen molar-refractivity contribution in [1.82, 2.24) is 9.88 Å². The maximum absolute atomic E-state index is 11.6. The van der Waals surface area contributed by atoms with Crippen LogP contribution in [0.15, 0.2) is 18.3 Å². The molecule has 0 saturated carbocycles. The summed E-state index contributed by atoms with van der Waals surface area (Å²) in [6.07, 6.45) is 3.42. The first-order valence-electron chi connectivity index (χ1n) is 6.25. The van der Waals surface area contributed by atoms with Crippen molar-refractivity contribution in [3.8, 4) is 0 Å². The SMILES string of the molecule is NNc1cc(N2CCN3C(=O)CCC3C2)ccn1. The standard InChI is InChI=1S/C12H17N5O/c13-15-11-7-9(3-4-14-11)16-5-6-17-10(8-16)1-2-12(17)18/h3-4,7,10H,1-2,5-6,8,13H2,(H,14,15). The van der Waals surface area contributed by atoms with Gasteiger partial charge in [0, 0.05) is 50.0 Å². The van der Waals surface area contributed by atoms with Crippen LogP contribution < -0.4 is 16.2 Å². The lowest BCUT2D eigenvalue weighted by Gasteiger charge is -2.38. The largest absolute Gasteiger partial charge is 0.368 e. The van der Waals surface area contributed by atoms with Gasteiger partial charge in [0.25, 0.3) is 0 Å². The van der Waals surface area contributed by atoms with E-state index in [9.17, 15) is 4.79 Å². The van der Waals surface area contributed by atoms with E-state index in [2.05, 4.69) is 15.3 Å². The Kier molecular flexibility index (Phi) is 2.79. The Bertz CT molecular complexity index is 464. The zero-order valence-electron chi connectivity index (χ0n) is 10.2. The molecule has 6 nitrogen and oxygen atoms in total. The van der Waals surface area contributed by atoms with Crippen molar-refractivity contribution in [2.24, 2.45) is 5.84 Å². The highest BCUT2D eigenvalue weighted by Gasteiger charge is 2.35. The number of carbonyl (C=O) groups excluding carboxylic acids is 1. The fourth-order valence-electron chi connectivity index (χ4n) is 2.79. The Labute approximate surface area is 106 Å². The van der Waals surface area contributed by atoms with Crippen LogP contribution in [-0.4, -0.2) is 41.5 Å². The third kappa shape index (κ3) is 1.88. The Morgan fingerprint density at radius 2 is 2.33 bits per heavy atom. The third-order valence-corrected chi connectivity index (χ3v) is 3.75. The Balaban J connectivity index is 1.76. The zero-order valence-corrected chi connectivity index (χ0v) is 10.2. The van der Waals surface area contributed by atoms with Crippen LogP contribution in [0.25, 0.3) is 0 Å². The van der Waals surface area contributed by atoms with Gasteiger partial charge < -0.3 is 15.2 Å². The summed E-state index contributed by atoms with van der Waals surface area (Å²) in [5.41, 5.74) is 3.67. The molecular weight excluding hydrogens is 230 g/mol. The molecule has 1 atom stereocenters. The van der Waals surface area contributed by atoms with Gasteiger partial charge in [-0.2, -0.15) is 0 Å².